The number of nitrogens with two attached hydrogens (primary N) is 2. The number of benzene rings is 1. The number of fused-ring (bicyclic) bond motifs is 2. The summed E-state index contributed by atoms with van der Waals surface area (Å²) in [6, 6.07) is 3.69. The Balaban J connectivity index is 1.57. The van der Waals surface area contributed by atoms with Crippen LogP contribution < -0.4 is 38.1 Å². The van der Waals surface area contributed by atoms with Crippen molar-refractivity contribution in [1.82, 2.24) is 36.4 Å². The first-order valence-corrected chi connectivity index (χ1v) is 20.5. The molecule has 1 aromatic carbocycles. The average Bonchev–Trinajstić information content (AvgIpc) is 3.88. The molecule has 6 atom stereocenters. The molecule has 0 unspecified atom stereocenters. The van der Waals surface area contributed by atoms with E-state index >= 15 is 0 Å². The van der Waals surface area contributed by atoms with Crippen LogP contribution in [0.4, 0.5) is 0 Å². The van der Waals surface area contributed by atoms with Gasteiger partial charge in [0, 0.05) is 39.5 Å². The summed E-state index contributed by atoms with van der Waals surface area (Å²) in [5.74, 6) is -3.18. The van der Waals surface area contributed by atoms with Gasteiger partial charge in [0.15, 0.2) is 5.96 Å². The molecule has 3 aliphatic rings. The van der Waals surface area contributed by atoms with Crippen LogP contribution in [0.15, 0.2) is 35.3 Å². The van der Waals surface area contributed by atoms with Gasteiger partial charge in [-0.25, -0.2) is 0 Å². The Morgan fingerprint density at radius 1 is 0.737 bits per heavy atom. The molecule has 9 N–H and O–H groups in total. The predicted molar refractivity (Wildman–Crippen MR) is 214 cm³/mol. The smallest absolute Gasteiger partial charge is 0.246 e. The molecule has 314 valence electrons. The first kappa shape index (κ1) is 44.5. The highest BCUT2D eigenvalue weighted by atomic mass is 16.2. The first-order chi connectivity index (χ1) is 27.3. The molecule has 0 bridgehead atoms. The highest BCUT2D eigenvalue weighted by Gasteiger charge is 2.41. The van der Waals surface area contributed by atoms with Gasteiger partial charge < -0.3 is 47.9 Å². The third-order valence-electron chi connectivity index (χ3n) is 10.8. The maximum atomic E-state index is 14.3. The molecule has 0 spiro atoms. The van der Waals surface area contributed by atoms with Crippen molar-refractivity contribution in [2.24, 2.45) is 16.5 Å². The second-order valence-corrected chi connectivity index (χ2v) is 15.3. The second kappa shape index (κ2) is 22.5. The van der Waals surface area contributed by atoms with Crippen molar-refractivity contribution in [3.8, 4) is 0 Å². The molecule has 3 heterocycles. The topological polar surface area (TPSA) is 251 Å². The number of nitrogens with one attached hydrogen (secondary N) is 5. The molecule has 4 rings (SSSR count). The van der Waals surface area contributed by atoms with E-state index < -0.39 is 65.8 Å². The van der Waals surface area contributed by atoms with Gasteiger partial charge in [-0.05, 0) is 63.9 Å². The van der Waals surface area contributed by atoms with E-state index in [1.54, 1.807) is 0 Å². The number of hydrogen-bond acceptors (Lipinski definition) is 8. The van der Waals surface area contributed by atoms with E-state index in [1.165, 1.54) is 23.6 Å². The van der Waals surface area contributed by atoms with E-state index in [0.29, 0.717) is 58.0 Å². The van der Waals surface area contributed by atoms with E-state index in [-0.39, 0.29) is 43.7 Å². The van der Waals surface area contributed by atoms with Crippen LogP contribution in [-0.2, 0) is 40.0 Å². The number of nitrogens with zero attached hydrogens (tertiary/aromatic N) is 3. The largest absolute Gasteiger partial charge is 0.370 e. The molecule has 0 radical (unpaired) electrons. The van der Waals surface area contributed by atoms with E-state index in [1.807, 2.05) is 30.3 Å². The van der Waals surface area contributed by atoms with Crippen LogP contribution in [0.25, 0.3) is 0 Å². The maximum Gasteiger partial charge on any atom is 0.246 e. The molecule has 0 aliphatic carbocycles. The van der Waals surface area contributed by atoms with Gasteiger partial charge in [-0.2, -0.15) is 0 Å². The van der Waals surface area contributed by atoms with Crippen LogP contribution in [-0.4, -0.2) is 120 Å². The average molecular weight is 795 g/mol. The molecule has 17 nitrogen and oxygen atoms in total. The molecule has 7 amide bonds. The van der Waals surface area contributed by atoms with Crippen molar-refractivity contribution < 1.29 is 33.6 Å². The van der Waals surface area contributed by atoms with Gasteiger partial charge in [-0.15, -0.1) is 0 Å². The molecular formula is C40H62N10O7. The van der Waals surface area contributed by atoms with Gasteiger partial charge in [0.25, 0.3) is 0 Å². The summed E-state index contributed by atoms with van der Waals surface area (Å²) in [5.41, 5.74) is 11.8. The number of hydrogen-bond donors (Lipinski definition) is 7. The Morgan fingerprint density at radius 3 is 1.98 bits per heavy atom. The highest BCUT2D eigenvalue weighted by molar-refractivity contribution is 5.97. The zero-order valence-corrected chi connectivity index (χ0v) is 33.4. The Kier molecular flexibility index (Phi) is 17.6. The van der Waals surface area contributed by atoms with Crippen molar-refractivity contribution in [2.45, 2.75) is 140 Å². The minimum Gasteiger partial charge on any atom is -0.370 e. The fourth-order valence-electron chi connectivity index (χ4n) is 7.79. The minimum absolute atomic E-state index is 0.0971. The van der Waals surface area contributed by atoms with Crippen LogP contribution in [0.5, 0.6) is 0 Å². The van der Waals surface area contributed by atoms with Crippen LogP contribution in [0.3, 0.4) is 0 Å². The van der Waals surface area contributed by atoms with Gasteiger partial charge >= 0.3 is 0 Å². The lowest BCUT2D eigenvalue weighted by atomic mass is 10.0. The van der Waals surface area contributed by atoms with Crippen molar-refractivity contribution in [3.63, 3.8) is 0 Å². The van der Waals surface area contributed by atoms with Crippen LogP contribution >= 0.6 is 0 Å². The third-order valence-corrected chi connectivity index (χ3v) is 10.8. The van der Waals surface area contributed by atoms with Crippen molar-refractivity contribution in [2.75, 3.05) is 26.2 Å². The van der Waals surface area contributed by atoms with Gasteiger partial charge in [0.1, 0.15) is 36.3 Å². The van der Waals surface area contributed by atoms with Crippen LogP contribution in [0.2, 0.25) is 0 Å². The lowest BCUT2D eigenvalue weighted by molar-refractivity contribution is -0.143. The van der Waals surface area contributed by atoms with E-state index in [2.05, 4.69) is 31.6 Å². The molecule has 3 aliphatic heterocycles. The number of amides is 7. The Bertz CT molecular complexity index is 1590. The molecule has 17 heteroatoms. The maximum absolute atomic E-state index is 14.3. The number of aliphatic imine (C=N–C) groups is 1. The number of rotatable bonds is 7. The predicted octanol–water partition coefficient (Wildman–Crippen LogP) is 0.104. The monoisotopic (exact) mass is 794 g/mol. The normalized spacial score (nSPS) is 26.6. The zero-order valence-electron chi connectivity index (χ0n) is 33.4. The van der Waals surface area contributed by atoms with Crippen molar-refractivity contribution in [3.05, 3.63) is 35.9 Å². The summed E-state index contributed by atoms with van der Waals surface area (Å²) in [5, 5.41) is 14.2. The first-order valence-electron chi connectivity index (χ1n) is 20.5. The highest BCUT2D eigenvalue weighted by Crippen LogP contribution is 2.22. The number of carbonyl (C=O) groups excluding carboxylic acids is 7. The second-order valence-electron chi connectivity index (χ2n) is 15.3. The van der Waals surface area contributed by atoms with Gasteiger partial charge in [0.2, 0.25) is 41.4 Å². The van der Waals surface area contributed by atoms with E-state index in [9.17, 15) is 33.6 Å². The van der Waals surface area contributed by atoms with Crippen molar-refractivity contribution >= 4 is 47.3 Å². The Morgan fingerprint density at radius 2 is 1.33 bits per heavy atom. The summed E-state index contributed by atoms with van der Waals surface area (Å²) >= 11 is 0. The zero-order chi connectivity index (χ0) is 41.3. The van der Waals surface area contributed by atoms with Gasteiger partial charge in [-0.1, -0.05) is 62.4 Å². The SMILES string of the molecule is CC(=O)N[C@H]1CCCCCCCCNC(=O)[C@@H]2CCCN2C(=O)[C@H](CCCN=C(N)N)NC(=O)[C@H](C)NC(=O)[C@@H]2CCCN2C(=O)[C@H](Cc2ccccc2)NC1=O. The molecule has 1 aromatic rings. The molecule has 0 aromatic heterocycles. The molecule has 57 heavy (non-hydrogen) atoms. The summed E-state index contributed by atoms with van der Waals surface area (Å²) in [4.78, 5) is 102. The van der Waals surface area contributed by atoms with Crippen LogP contribution in [0.1, 0.15) is 103 Å². The minimum atomic E-state index is -1.09. The number of guanidine groups is 1. The molecule has 0 saturated carbocycles. The fourth-order valence-corrected chi connectivity index (χ4v) is 7.79. The standard InChI is InChI=1S/C40H62N10O7/c1-26-34(52)47-30(18-12-22-44-40(41)42)38(56)49-23-13-19-32(49)36(54)43-21-11-6-4-3-5-10-17-29(46-27(2)51)35(53)48-31(25-28-15-8-7-9-16-28)39(57)50-24-14-20-33(50)37(55)45-26/h7-9,15-16,26,29-33H,3-6,10-14,17-25H2,1-2H3,(H,43,54)(H,45,55)(H,46,51)(H,47,52)(H,48,53)(H4,41,42,44)/t26-,29-,30-,31-,32-,33-/m0/s1. The quantitative estimate of drug-likeness (QED) is 0.112. The van der Waals surface area contributed by atoms with Gasteiger partial charge in [0.05, 0.1) is 0 Å². The Hall–Kier alpha value is -5.22. The summed E-state index contributed by atoms with van der Waals surface area (Å²) < 4.78 is 0. The Labute approximate surface area is 335 Å². The van der Waals surface area contributed by atoms with E-state index in [0.717, 1.165) is 37.7 Å². The number of carbonyl (C=O) groups is 7. The van der Waals surface area contributed by atoms with E-state index in [4.69, 9.17) is 11.5 Å². The summed E-state index contributed by atoms with van der Waals surface area (Å²) in [7, 11) is 0. The molecule has 3 saturated heterocycles. The molecule has 3 fully saturated rings. The summed E-state index contributed by atoms with van der Waals surface area (Å²) in [6.07, 6.45) is 8.06. The molecular weight excluding hydrogens is 733 g/mol. The lowest BCUT2D eigenvalue weighted by Gasteiger charge is -2.31. The van der Waals surface area contributed by atoms with Crippen LogP contribution in [0, 0.1) is 0 Å². The third kappa shape index (κ3) is 13.7. The van der Waals surface area contributed by atoms with Crippen molar-refractivity contribution in [1.29, 1.82) is 0 Å². The van der Waals surface area contributed by atoms with Gasteiger partial charge in [-0.3, -0.25) is 38.6 Å². The summed E-state index contributed by atoms with van der Waals surface area (Å²) in [6.45, 7) is 4.16. The fraction of sp³-hybridized carbons (Fsp3) is 0.650. The lowest BCUT2D eigenvalue weighted by Crippen LogP contribution is -2.59.